The predicted molar refractivity (Wildman–Crippen MR) is 107 cm³/mol. The van der Waals surface area contributed by atoms with Gasteiger partial charge in [-0.1, -0.05) is 6.07 Å². The fraction of sp³-hybridized carbons (Fsp3) is 0.200. The molecule has 0 bridgehead atoms. The van der Waals surface area contributed by atoms with E-state index in [9.17, 15) is 4.79 Å². The van der Waals surface area contributed by atoms with Gasteiger partial charge in [0.1, 0.15) is 0 Å². The van der Waals surface area contributed by atoms with Crippen LogP contribution < -0.4 is 10.6 Å². The van der Waals surface area contributed by atoms with Gasteiger partial charge in [-0.3, -0.25) is 9.20 Å². The minimum atomic E-state index is -0.0117. The second-order valence-corrected chi connectivity index (χ2v) is 8.12. The van der Waals surface area contributed by atoms with E-state index in [1.807, 2.05) is 35.0 Å². The van der Waals surface area contributed by atoms with Crippen LogP contribution in [0.15, 0.2) is 36.8 Å². The number of hydrogen-bond acceptors (Lipinski definition) is 6. The smallest absolute Gasteiger partial charge is 0.251 e. The van der Waals surface area contributed by atoms with Crippen LogP contribution in [0.5, 0.6) is 0 Å². The molecule has 1 amide bonds. The maximum absolute atomic E-state index is 11.8. The van der Waals surface area contributed by atoms with Gasteiger partial charge in [0.25, 0.3) is 5.91 Å². The molecule has 8 heteroatoms. The van der Waals surface area contributed by atoms with E-state index in [1.54, 1.807) is 17.5 Å². The van der Waals surface area contributed by atoms with Gasteiger partial charge in [-0.25, -0.2) is 15.0 Å². The van der Waals surface area contributed by atoms with Gasteiger partial charge in [0.05, 0.1) is 17.6 Å². The van der Waals surface area contributed by atoms with E-state index in [2.05, 4.69) is 20.6 Å². The van der Waals surface area contributed by atoms with E-state index in [1.165, 1.54) is 17.0 Å². The van der Waals surface area contributed by atoms with E-state index in [0.717, 1.165) is 46.0 Å². The predicted octanol–water partition coefficient (Wildman–Crippen LogP) is 3.33. The molecule has 3 aromatic heterocycles. The summed E-state index contributed by atoms with van der Waals surface area (Å²) in [5.41, 5.74) is 5.66. The highest BCUT2D eigenvalue weighted by molar-refractivity contribution is 7.15. The van der Waals surface area contributed by atoms with Crippen LogP contribution in [0.25, 0.3) is 16.9 Å². The van der Waals surface area contributed by atoms with Crippen LogP contribution in [0.2, 0.25) is 0 Å². The molecule has 2 aliphatic rings. The first-order chi connectivity index (χ1) is 13.8. The number of nitrogens with zero attached hydrogens (tertiary/aromatic N) is 4. The molecule has 1 aromatic carbocycles. The van der Waals surface area contributed by atoms with Crippen LogP contribution >= 0.6 is 11.3 Å². The Kier molecular flexibility index (Phi) is 3.30. The zero-order valence-corrected chi connectivity index (χ0v) is 15.7. The van der Waals surface area contributed by atoms with Crippen molar-refractivity contribution < 1.29 is 4.79 Å². The normalized spacial score (nSPS) is 14.9. The molecule has 0 spiro atoms. The second-order valence-electron chi connectivity index (χ2n) is 7.03. The molecule has 1 aliphatic carbocycles. The first-order valence-electron chi connectivity index (χ1n) is 9.25. The molecule has 0 saturated carbocycles. The first-order valence-corrected chi connectivity index (χ1v) is 10.1. The number of nitrogens with one attached hydrogen (secondary N) is 2. The molecule has 0 fully saturated rings. The van der Waals surface area contributed by atoms with Crippen molar-refractivity contribution in [3.8, 4) is 11.3 Å². The maximum Gasteiger partial charge on any atom is 0.251 e. The van der Waals surface area contributed by atoms with Crippen molar-refractivity contribution in [1.82, 2.24) is 24.7 Å². The Morgan fingerprint density at radius 1 is 1.21 bits per heavy atom. The SMILES string of the molecule is O=C1NCc2cc(-c3cnc(Nc4nc5c(s4)CCC5)c4nccn34)ccc21. The Morgan fingerprint density at radius 3 is 3.11 bits per heavy atom. The Morgan fingerprint density at radius 2 is 2.18 bits per heavy atom. The number of rotatable bonds is 3. The van der Waals surface area contributed by atoms with Crippen LogP contribution in [0.1, 0.15) is 32.9 Å². The molecule has 4 aromatic rings. The number of aryl methyl sites for hydroxylation is 2. The van der Waals surface area contributed by atoms with Crippen LogP contribution in [0.3, 0.4) is 0 Å². The van der Waals surface area contributed by atoms with Crippen molar-refractivity contribution in [2.45, 2.75) is 25.8 Å². The zero-order valence-electron chi connectivity index (χ0n) is 14.9. The summed E-state index contributed by atoms with van der Waals surface area (Å²) in [5, 5.41) is 7.08. The summed E-state index contributed by atoms with van der Waals surface area (Å²) in [5.74, 6) is 0.682. The molecular formula is C20H16N6OS. The van der Waals surface area contributed by atoms with Gasteiger partial charge in [-0.15, -0.1) is 11.3 Å². The number of amides is 1. The first kappa shape index (κ1) is 15.8. The van der Waals surface area contributed by atoms with Crippen molar-refractivity contribution in [3.05, 3.63) is 58.5 Å². The van der Waals surface area contributed by atoms with Gasteiger partial charge >= 0.3 is 0 Å². The van der Waals surface area contributed by atoms with E-state index in [0.29, 0.717) is 12.4 Å². The topological polar surface area (TPSA) is 84.2 Å². The van der Waals surface area contributed by atoms with E-state index in [-0.39, 0.29) is 5.91 Å². The standard InChI is InChI=1S/C20H16N6OS/c27-19-13-5-4-11(8-12(13)9-23-19)15-10-22-17(18-21-6-7-26(15)18)25-20-24-14-2-1-3-16(14)28-20/h4-8,10H,1-3,9H2,(H,23,27)(H,22,24,25). The number of hydrogen-bond donors (Lipinski definition) is 2. The third kappa shape index (κ3) is 2.34. The summed E-state index contributed by atoms with van der Waals surface area (Å²) in [6.45, 7) is 0.566. The molecule has 0 radical (unpaired) electrons. The summed E-state index contributed by atoms with van der Waals surface area (Å²) in [4.78, 5) is 27.0. The van der Waals surface area contributed by atoms with Crippen molar-refractivity contribution in [2.24, 2.45) is 0 Å². The molecule has 6 rings (SSSR count). The fourth-order valence-corrected chi connectivity index (χ4v) is 5.01. The zero-order chi connectivity index (χ0) is 18.7. The van der Waals surface area contributed by atoms with E-state index >= 15 is 0 Å². The van der Waals surface area contributed by atoms with Gasteiger partial charge in [0, 0.05) is 34.9 Å². The summed E-state index contributed by atoms with van der Waals surface area (Å²) >= 11 is 1.70. The van der Waals surface area contributed by atoms with Crippen LogP contribution in [-0.2, 0) is 19.4 Å². The number of fused-ring (bicyclic) bond motifs is 3. The van der Waals surface area contributed by atoms with Crippen molar-refractivity contribution >= 4 is 33.8 Å². The monoisotopic (exact) mass is 388 g/mol. The molecule has 7 nitrogen and oxygen atoms in total. The summed E-state index contributed by atoms with van der Waals surface area (Å²) < 4.78 is 2.02. The second kappa shape index (κ2) is 5.87. The lowest BCUT2D eigenvalue weighted by atomic mass is 10.0. The number of aromatic nitrogens is 4. The fourth-order valence-electron chi connectivity index (χ4n) is 3.96. The van der Waals surface area contributed by atoms with Crippen LogP contribution in [-0.4, -0.2) is 25.3 Å². The van der Waals surface area contributed by atoms with Crippen LogP contribution in [0, 0.1) is 0 Å². The lowest BCUT2D eigenvalue weighted by molar-refractivity contribution is 0.0966. The number of carbonyl (C=O) groups excluding carboxylic acids is 1. The number of imidazole rings is 1. The van der Waals surface area contributed by atoms with E-state index < -0.39 is 0 Å². The number of carbonyl (C=O) groups is 1. The third-order valence-corrected chi connectivity index (χ3v) is 6.41. The molecule has 0 atom stereocenters. The highest BCUT2D eigenvalue weighted by Crippen LogP contribution is 2.33. The Balaban J connectivity index is 1.40. The minimum Gasteiger partial charge on any atom is -0.348 e. The molecule has 1 aliphatic heterocycles. The Hall–Kier alpha value is -3.26. The summed E-state index contributed by atoms with van der Waals surface area (Å²) in [7, 11) is 0. The third-order valence-electron chi connectivity index (χ3n) is 5.33. The van der Waals surface area contributed by atoms with Gasteiger partial charge in [0.2, 0.25) is 0 Å². The lowest BCUT2D eigenvalue weighted by Crippen LogP contribution is -2.12. The minimum absolute atomic E-state index is 0.0117. The summed E-state index contributed by atoms with van der Waals surface area (Å²) in [6.07, 6.45) is 8.92. The molecule has 138 valence electrons. The average Bonchev–Trinajstić information content (AvgIpc) is 3.46. The highest BCUT2D eigenvalue weighted by atomic mass is 32.1. The average molecular weight is 388 g/mol. The van der Waals surface area contributed by atoms with Gasteiger partial charge in [0.15, 0.2) is 16.6 Å². The molecule has 4 heterocycles. The van der Waals surface area contributed by atoms with Crippen molar-refractivity contribution in [2.75, 3.05) is 5.32 Å². The quantitative estimate of drug-likeness (QED) is 0.562. The van der Waals surface area contributed by atoms with Crippen molar-refractivity contribution in [1.29, 1.82) is 0 Å². The molecule has 0 unspecified atom stereocenters. The highest BCUT2D eigenvalue weighted by Gasteiger charge is 2.21. The van der Waals surface area contributed by atoms with Gasteiger partial charge in [-0.05, 0) is 37.0 Å². The number of anilines is 2. The largest absolute Gasteiger partial charge is 0.348 e. The molecular weight excluding hydrogens is 372 g/mol. The summed E-state index contributed by atoms with van der Waals surface area (Å²) in [6, 6.07) is 5.87. The molecule has 2 N–H and O–H groups in total. The molecule has 0 saturated heterocycles. The van der Waals surface area contributed by atoms with Gasteiger partial charge in [-0.2, -0.15) is 0 Å². The van der Waals surface area contributed by atoms with Crippen molar-refractivity contribution in [3.63, 3.8) is 0 Å². The van der Waals surface area contributed by atoms with Crippen LogP contribution in [0.4, 0.5) is 10.9 Å². The number of thiazole rings is 1. The maximum atomic E-state index is 11.8. The Bertz CT molecular complexity index is 1240. The lowest BCUT2D eigenvalue weighted by Gasteiger charge is -2.10. The Labute approximate surface area is 164 Å². The van der Waals surface area contributed by atoms with E-state index in [4.69, 9.17) is 4.98 Å². The van der Waals surface area contributed by atoms with Gasteiger partial charge < -0.3 is 10.6 Å². The molecule has 28 heavy (non-hydrogen) atoms. The number of benzene rings is 1.